The third kappa shape index (κ3) is 3.14. The van der Waals surface area contributed by atoms with Gasteiger partial charge in [0.25, 0.3) is 11.6 Å². The highest BCUT2D eigenvalue weighted by Crippen LogP contribution is 2.36. The van der Waals surface area contributed by atoms with Crippen molar-refractivity contribution < 1.29 is 31.4 Å². The monoisotopic (exact) mass is 416 g/mol. The van der Waals surface area contributed by atoms with Gasteiger partial charge >= 0.3 is 0 Å². The van der Waals surface area contributed by atoms with Gasteiger partial charge in [0.2, 0.25) is 0 Å². The van der Waals surface area contributed by atoms with E-state index >= 15 is 0 Å². The molecule has 0 fully saturated rings. The lowest BCUT2D eigenvalue weighted by molar-refractivity contribution is -0.661. The molecular weight excluding hydrogens is 392 g/mol. The number of methoxy groups -OCH3 is 1. The van der Waals surface area contributed by atoms with Crippen molar-refractivity contribution in [2.24, 2.45) is 0 Å². The zero-order chi connectivity index (χ0) is 17.4. The van der Waals surface area contributed by atoms with Crippen molar-refractivity contribution in [2.45, 2.75) is 31.9 Å². The molecule has 2 aliphatic heterocycles. The van der Waals surface area contributed by atoms with Crippen LogP contribution in [0, 0.1) is 6.92 Å². The Balaban J connectivity index is 0.00000196. The number of amidine groups is 1. The van der Waals surface area contributed by atoms with Crippen LogP contribution in [-0.4, -0.2) is 35.7 Å². The Morgan fingerprint density at radius 2 is 1.73 bits per heavy atom. The number of halogens is 1. The predicted octanol–water partition coefficient (Wildman–Crippen LogP) is 0.268. The van der Waals surface area contributed by atoms with Crippen LogP contribution in [0.5, 0.6) is 5.75 Å². The van der Waals surface area contributed by atoms with Crippen molar-refractivity contribution in [3.8, 4) is 5.75 Å². The lowest BCUT2D eigenvalue weighted by atomic mass is 10.0. The molecule has 2 aromatic rings. The molecule has 2 heterocycles. The van der Waals surface area contributed by atoms with Crippen molar-refractivity contribution in [1.82, 2.24) is 0 Å². The van der Waals surface area contributed by atoms with Crippen LogP contribution in [0.15, 0.2) is 48.5 Å². The van der Waals surface area contributed by atoms with Crippen LogP contribution >= 0.6 is 0 Å². The molecule has 0 bridgehead atoms. The molecule has 2 aliphatic rings. The summed E-state index contributed by atoms with van der Waals surface area (Å²) >= 11 is 0. The maximum atomic E-state index is 11.6. The van der Waals surface area contributed by atoms with Crippen LogP contribution in [-0.2, 0) is 5.72 Å². The molecule has 4 rings (SSSR count). The summed E-state index contributed by atoms with van der Waals surface area (Å²) in [4.78, 5) is 2.26. The number of anilines is 1. The van der Waals surface area contributed by atoms with Gasteiger partial charge in [0.15, 0.2) is 6.54 Å². The van der Waals surface area contributed by atoms with Crippen LogP contribution in [0.2, 0.25) is 0 Å². The van der Waals surface area contributed by atoms with E-state index in [-0.39, 0.29) is 17.0 Å². The largest absolute Gasteiger partial charge is 1.00 e. The van der Waals surface area contributed by atoms with Gasteiger partial charge in [-0.1, -0.05) is 29.8 Å². The van der Waals surface area contributed by atoms with Crippen molar-refractivity contribution in [1.29, 1.82) is 0 Å². The molecule has 5 heteroatoms. The lowest BCUT2D eigenvalue weighted by Gasteiger charge is -2.24. The van der Waals surface area contributed by atoms with Crippen molar-refractivity contribution in [2.75, 3.05) is 25.1 Å². The third-order valence-corrected chi connectivity index (χ3v) is 5.38. The van der Waals surface area contributed by atoms with Gasteiger partial charge in [-0.05, 0) is 44.0 Å². The van der Waals surface area contributed by atoms with E-state index in [2.05, 4.69) is 52.8 Å². The van der Waals surface area contributed by atoms with E-state index in [0.717, 1.165) is 36.4 Å². The molecule has 0 saturated carbocycles. The van der Waals surface area contributed by atoms with E-state index in [9.17, 15) is 5.11 Å². The molecule has 0 saturated heterocycles. The summed E-state index contributed by atoms with van der Waals surface area (Å²) in [5.74, 6) is 2.07. The van der Waals surface area contributed by atoms with E-state index in [1.807, 2.05) is 12.1 Å². The number of aryl methyl sites for hydroxylation is 1. The molecule has 138 valence electrons. The van der Waals surface area contributed by atoms with Crippen LogP contribution < -0.4 is 26.6 Å². The minimum Gasteiger partial charge on any atom is -1.00 e. The predicted molar refractivity (Wildman–Crippen MR) is 99.4 cm³/mol. The average Bonchev–Trinajstić information content (AvgIpc) is 2.97. The Morgan fingerprint density at radius 3 is 2.38 bits per heavy atom. The van der Waals surface area contributed by atoms with E-state index < -0.39 is 5.72 Å². The summed E-state index contributed by atoms with van der Waals surface area (Å²) in [6, 6.07) is 16.4. The fourth-order valence-corrected chi connectivity index (χ4v) is 3.96. The number of ether oxygens (including phenoxy) is 1. The minimum absolute atomic E-state index is 0. The molecular formula is C21H25BrN2O2. The number of nitrogens with zero attached hydrogens (tertiary/aromatic N) is 2. The van der Waals surface area contributed by atoms with Gasteiger partial charge in [-0.3, -0.25) is 0 Å². The molecule has 0 radical (unpaired) electrons. The Labute approximate surface area is 165 Å². The highest BCUT2D eigenvalue weighted by atomic mass is 79.9. The van der Waals surface area contributed by atoms with Crippen LogP contribution in [0.1, 0.15) is 30.4 Å². The molecule has 0 aliphatic carbocycles. The number of β-amino-alcohol motifs (C(OH)–C–C–N with tert-alkyl or cyclic N) is 1. The van der Waals surface area contributed by atoms with Crippen molar-refractivity contribution in [3.63, 3.8) is 0 Å². The van der Waals surface area contributed by atoms with Gasteiger partial charge < -0.3 is 26.8 Å². The molecule has 1 atom stereocenters. The molecule has 0 spiro atoms. The fourth-order valence-electron chi connectivity index (χ4n) is 3.96. The topological polar surface area (TPSA) is 35.7 Å². The Morgan fingerprint density at radius 1 is 1.04 bits per heavy atom. The van der Waals surface area contributed by atoms with Crippen molar-refractivity contribution in [3.05, 3.63) is 59.7 Å². The Hall–Kier alpha value is -1.85. The Bertz CT molecular complexity index is 802. The van der Waals surface area contributed by atoms with Gasteiger partial charge in [-0.25, -0.2) is 9.48 Å². The van der Waals surface area contributed by atoms with Gasteiger partial charge in [-0.2, -0.15) is 0 Å². The van der Waals surface area contributed by atoms with Gasteiger partial charge in [0.1, 0.15) is 11.4 Å². The average molecular weight is 417 g/mol. The second kappa shape index (κ2) is 7.41. The Kier molecular flexibility index (Phi) is 5.39. The fraction of sp³-hybridized carbons (Fsp3) is 0.381. The molecule has 0 amide bonds. The molecule has 26 heavy (non-hydrogen) atoms. The quantitative estimate of drug-likeness (QED) is 0.729. The summed E-state index contributed by atoms with van der Waals surface area (Å²) in [6.45, 7) is 3.52. The van der Waals surface area contributed by atoms with E-state index in [4.69, 9.17) is 4.74 Å². The first-order valence-electron chi connectivity index (χ1n) is 8.96. The molecule has 4 nitrogen and oxygen atoms in total. The summed E-state index contributed by atoms with van der Waals surface area (Å²) in [7, 11) is 1.68. The van der Waals surface area contributed by atoms with Crippen LogP contribution in [0.3, 0.4) is 0 Å². The second-order valence-electron chi connectivity index (χ2n) is 6.99. The molecule has 1 N–H and O–H groups in total. The third-order valence-electron chi connectivity index (χ3n) is 5.38. The number of aliphatic hydroxyl groups is 1. The van der Waals surface area contributed by atoms with Gasteiger partial charge in [0.05, 0.1) is 13.7 Å². The summed E-state index contributed by atoms with van der Waals surface area (Å²) in [5, 5.41) is 11.6. The smallest absolute Gasteiger partial charge is 0.271 e. The highest BCUT2D eigenvalue weighted by molar-refractivity contribution is 5.96. The first kappa shape index (κ1) is 18.9. The number of hydrogen-bond donors (Lipinski definition) is 1. The zero-order valence-corrected chi connectivity index (χ0v) is 16.9. The SMILES string of the molecule is COc1ccc(N2CC(O)(c3ccc(C)cc3)[N+]3=C2CCCC3)cc1.[Br-]. The first-order chi connectivity index (χ1) is 12.1. The summed E-state index contributed by atoms with van der Waals surface area (Å²) < 4.78 is 7.47. The standard InChI is InChI=1S/C21H25N2O2.BrH/c1-16-6-8-17(9-7-16)21(24)15-22(20-5-3-4-14-23(20)21)18-10-12-19(25-2)13-11-18;/h6-13,24H,3-5,14-15H2,1-2H3;1H/q+1;/p-1. The van der Waals surface area contributed by atoms with Gasteiger partial charge in [-0.15, -0.1) is 0 Å². The van der Waals surface area contributed by atoms with Crippen LogP contribution in [0.4, 0.5) is 5.69 Å². The summed E-state index contributed by atoms with van der Waals surface area (Å²) in [6.07, 6.45) is 3.29. The molecule has 0 aromatic heterocycles. The minimum atomic E-state index is -0.969. The number of hydrogen-bond acceptors (Lipinski definition) is 3. The van der Waals surface area contributed by atoms with Gasteiger partial charge in [0, 0.05) is 12.0 Å². The number of benzene rings is 2. The summed E-state index contributed by atoms with van der Waals surface area (Å²) in [5.41, 5.74) is 2.31. The first-order valence-corrected chi connectivity index (χ1v) is 8.96. The van der Waals surface area contributed by atoms with E-state index in [1.54, 1.807) is 7.11 Å². The highest BCUT2D eigenvalue weighted by Gasteiger charge is 2.52. The van der Waals surface area contributed by atoms with Crippen LogP contribution in [0.25, 0.3) is 0 Å². The second-order valence-corrected chi connectivity index (χ2v) is 6.99. The number of rotatable bonds is 3. The van der Waals surface area contributed by atoms with E-state index in [0.29, 0.717) is 6.54 Å². The van der Waals surface area contributed by atoms with Crippen molar-refractivity contribution >= 4 is 11.5 Å². The molecule has 1 unspecified atom stereocenters. The lowest BCUT2D eigenvalue weighted by Crippen LogP contribution is -3.00. The normalized spacial score (nSPS) is 22.0. The van der Waals surface area contributed by atoms with E-state index in [1.165, 1.54) is 17.8 Å². The zero-order valence-electron chi connectivity index (χ0n) is 15.3. The maximum Gasteiger partial charge on any atom is 0.271 e. The maximum absolute atomic E-state index is 11.6. The molecule has 2 aromatic carbocycles.